The molecule has 3 amide bonds. The van der Waals surface area contributed by atoms with Gasteiger partial charge in [-0.1, -0.05) is 13.8 Å². The van der Waals surface area contributed by atoms with Crippen molar-refractivity contribution in [2.75, 3.05) is 6.54 Å². The third kappa shape index (κ3) is 7.33. The lowest BCUT2D eigenvalue weighted by atomic mass is 10.0. The molecule has 4 atom stereocenters. The fourth-order valence-corrected chi connectivity index (χ4v) is 3.14. The van der Waals surface area contributed by atoms with Crippen LogP contribution in [0.15, 0.2) is 0 Å². The van der Waals surface area contributed by atoms with E-state index in [4.69, 9.17) is 15.9 Å². The molecule has 0 aliphatic carbocycles. The molecule has 4 unspecified atom stereocenters. The van der Waals surface area contributed by atoms with Gasteiger partial charge in [0, 0.05) is 6.54 Å². The van der Waals surface area contributed by atoms with Crippen LogP contribution in [0.25, 0.3) is 0 Å². The SMILES string of the molecule is CC(C)CC(N)C(=O)NC(CC(=O)O)C(=O)N1CCCC1C(=O)NC(C)C(=O)O. The van der Waals surface area contributed by atoms with Gasteiger partial charge in [-0.05, 0) is 32.1 Å². The van der Waals surface area contributed by atoms with Gasteiger partial charge in [-0.25, -0.2) is 0 Å². The average Bonchev–Trinajstić information content (AvgIpc) is 3.08. The standard InChI is InChI=1S/C18H30N4O7/c1-9(2)7-11(19)15(25)21-12(8-14(23)24)17(27)22-6-4-5-13(22)16(26)20-10(3)18(28)29/h9-13H,4-8,19H2,1-3H3,(H,20,26)(H,21,25)(H,23,24)(H,28,29). The Kier molecular flexibility index (Phi) is 9.02. The van der Waals surface area contributed by atoms with Crippen LogP contribution >= 0.6 is 0 Å². The maximum atomic E-state index is 12.9. The molecule has 11 heteroatoms. The fraction of sp³-hybridized carbons (Fsp3) is 0.722. The quantitative estimate of drug-likeness (QED) is 0.299. The van der Waals surface area contributed by atoms with E-state index in [-0.39, 0.29) is 12.5 Å². The number of amides is 3. The lowest BCUT2D eigenvalue weighted by Crippen LogP contribution is -2.57. The molecule has 0 aromatic carbocycles. The van der Waals surface area contributed by atoms with Gasteiger partial charge in [0.25, 0.3) is 0 Å². The molecule has 0 radical (unpaired) electrons. The summed E-state index contributed by atoms with van der Waals surface area (Å²) >= 11 is 0. The normalized spacial score (nSPS) is 19.3. The number of carbonyl (C=O) groups excluding carboxylic acids is 3. The molecule has 0 spiro atoms. The monoisotopic (exact) mass is 414 g/mol. The van der Waals surface area contributed by atoms with Crippen molar-refractivity contribution in [3.05, 3.63) is 0 Å². The first-order valence-corrected chi connectivity index (χ1v) is 9.55. The van der Waals surface area contributed by atoms with E-state index in [2.05, 4.69) is 10.6 Å². The van der Waals surface area contributed by atoms with Gasteiger partial charge in [0.05, 0.1) is 12.5 Å². The Morgan fingerprint density at radius 2 is 1.72 bits per heavy atom. The summed E-state index contributed by atoms with van der Waals surface area (Å²) in [5.41, 5.74) is 5.81. The van der Waals surface area contributed by atoms with Crippen molar-refractivity contribution < 1.29 is 34.2 Å². The number of likely N-dealkylation sites (tertiary alicyclic amines) is 1. The van der Waals surface area contributed by atoms with E-state index in [9.17, 15) is 24.0 Å². The van der Waals surface area contributed by atoms with E-state index in [0.29, 0.717) is 19.3 Å². The summed E-state index contributed by atoms with van der Waals surface area (Å²) in [5.74, 6) is -4.36. The van der Waals surface area contributed by atoms with Crippen molar-refractivity contribution in [3.8, 4) is 0 Å². The number of carbonyl (C=O) groups is 5. The van der Waals surface area contributed by atoms with Crippen molar-refractivity contribution in [3.63, 3.8) is 0 Å². The van der Waals surface area contributed by atoms with E-state index < -0.39 is 60.2 Å². The van der Waals surface area contributed by atoms with Crippen molar-refractivity contribution >= 4 is 29.7 Å². The van der Waals surface area contributed by atoms with Crippen LogP contribution in [-0.2, 0) is 24.0 Å². The molecule has 1 heterocycles. The Morgan fingerprint density at radius 1 is 1.10 bits per heavy atom. The second-order valence-electron chi connectivity index (χ2n) is 7.65. The number of aliphatic carboxylic acids is 2. The van der Waals surface area contributed by atoms with Gasteiger partial charge in [-0.15, -0.1) is 0 Å². The highest BCUT2D eigenvalue weighted by Crippen LogP contribution is 2.19. The largest absolute Gasteiger partial charge is 0.481 e. The van der Waals surface area contributed by atoms with Crippen LogP contribution in [0.2, 0.25) is 0 Å². The van der Waals surface area contributed by atoms with Crippen molar-refractivity contribution in [1.82, 2.24) is 15.5 Å². The zero-order valence-electron chi connectivity index (χ0n) is 16.9. The molecule has 1 aliphatic heterocycles. The highest BCUT2D eigenvalue weighted by Gasteiger charge is 2.39. The summed E-state index contributed by atoms with van der Waals surface area (Å²) in [4.78, 5) is 60.9. The zero-order chi connectivity index (χ0) is 22.3. The van der Waals surface area contributed by atoms with Gasteiger partial charge in [0.1, 0.15) is 18.1 Å². The molecular weight excluding hydrogens is 384 g/mol. The first-order chi connectivity index (χ1) is 13.4. The maximum Gasteiger partial charge on any atom is 0.325 e. The van der Waals surface area contributed by atoms with Crippen molar-refractivity contribution in [2.45, 2.75) is 70.6 Å². The lowest BCUT2D eigenvalue weighted by molar-refractivity contribution is -0.147. The van der Waals surface area contributed by atoms with Crippen molar-refractivity contribution in [1.29, 1.82) is 0 Å². The van der Waals surface area contributed by atoms with E-state index in [1.807, 2.05) is 13.8 Å². The van der Waals surface area contributed by atoms with Gasteiger partial charge in [0.2, 0.25) is 17.7 Å². The molecule has 1 aliphatic rings. The second kappa shape index (κ2) is 10.7. The van der Waals surface area contributed by atoms with Gasteiger partial charge in [0.15, 0.2) is 0 Å². The van der Waals surface area contributed by atoms with Crippen LogP contribution in [0.1, 0.15) is 46.5 Å². The van der Waals surface area contributed by atoms with Crippen LogP contribution in [0, 0.1) is 5.92 Å². The number of carboxylic acids is 2. The number of nitrogens with one attached hydrogen (secondary N) is 2. The fourth-order valence-electron chi connectivity index (χ4n) is 3.14. The third-order valence-corrected chi connectivity index (χ3v) is 4.62. The molecule has 1 rings (SSSR count). The molecule has 1 fully saturated rings. The molecule has 0 aromatic rings. The Bertz CT molecular complexity index is 652. The maximum absolute atomic E-state index is 12.9. The van der Waals surface area contributed by atoms with Gasteiger partial charge in [-0.3, -0.25) is 24.0 Å². The molecule has 0 bridgehead atoms. The van der Waals surface area contributed by atoms with Crippen molar-refractivity contribution in [2.24, 2.45) is 11.7 Å². The molecule has 29 heavy (non-hydrogen) atoms. The second-order valence-corrected chi connectivity index (χ2v) is 7.65. The number of rotatable bonds is 10. The Hall–Kier alpha value is -2.69. The number of hydrogen-bond acceptors (Lipinski definition) is 6. The predicted molar refractivity (Wildman–Crippen MR) is 102 cm³/mol. The summed E-state index contributed by atoms with van der Waals surface area (Å²) < 4.78 is 0. The third-order valence-electron chi connectivity index (χ3n) is 4.62. The van der Waals surface area contributed by atoms with Crippen LogP contribution in [0.5, 0.6) is 0 Å². The zero-order valence-corrected chi connectivity index (χ0v) is 16.9. The van der Waals surface area contributed by atoms with Crippen LogP contribution < -0.4 is 16.4 Å². The summed E-state index contributed by atoms with van der Waals surface area (Å²) in [5, 5.41) is 22.8. The number of nitrogens with two attached hydrogens (primary N) is 1. The Labute approximate surface area is 169 Å². The van der Waals surface area contributed by atoms with E-state index >= 15 is 0 Å². The summed E-state index contributed by atoms with van der Waals surface area (Å²) in [7, 11) is 0. The average molecular weight is 414 g/mol. The number of nitrogens with zero attached hydrogens (tertiary/aromatic N) is 1. The Balaban J connectivity index is 2.91. The van der Waals surface area contributed by atoms with Crippen LogP contribution in [-0.4, -0.2) is 75.5 Å². The predicted octanol–water partition coefficient (Wildman–Crippen LogP) is -1.10. The van der Waals surface area contributed by atoms with Gasteiger partial charge < -0.3 is 31.5 Å². The highest BCUT2D eigenvalue weighted by atomic mass is 16.4. The topological polar surface area (TPSA) is 179 Å². The molecule has 0 saturated carbocycles. The molecule has 1 saturated heterocycles. The summed E-state index contributed by atoms with van der Waals surface area (Å²) in [6.45, 7) is 5.24. The van der Waals surface area contributed by atoms with Gasteiger partial charge >= 0.3 is 11.9 Å². The molecule has 0 aromatic heterocycles. The highest BCUT2D eigenvalue weighted by molar-refractivity contribution is 5.96. The smallest absolute Gasteiger partial charge is 0.325 e. The van der Waals surface area contributed by atoms with Crippen LogP contribution in [0.3, 0.4) is 0 Å². The van der Waals surface area contributed by atoms with Crippen LogP contribution in [0.4, 0.5) is 0 Å². The van der Waals surface area contributed by atoms with E-state index in [1.165, 1.54) is 11.8 Å². The minimum atomic E-state index is -1.37. The lowest BCUT2D eigenvalue weighted by Gasteiger charge is -2.29. The van der Waals surface area contributed by atoms with Gasteiger partial charge in [-0.2, -0.15) is 0 Å². The molecule has 164 valence electrons. The molecular formula is C18H30N4O7. The minimum absolute atomic E-state index is 0.132. The first kappa shape index (κ1) is 24.3. The van der Waals surface area contributed by atoms with E-state index in [1.54, 1.807) is 0 Å². The molecule has 11 nitrogen and oxygen atoms in total. The first-order valence-electron chi connectivity index (χ1n) is 9.55. The summed E-state index contributed by atoms with van der Waals surface area (Å²) in [6, 6.07) is -4.33. The Morgan fingerprint density at radius 3 is 2.24 bits per heavy atom. The van der Waals surface area contributed by atoms with E-state index in [0.717, 1.165) is 0 Å². The number of hydrogen-bond donors (Lipinski definition) is 5. The summed E-state index contributed by atoms with van der Waals surface area (Å²) in [6.07, 6.45) is 0.507. The molecule has 6 N–H and O–H groups in total. The minimum Gasteiger partial charge on any atom is -0.481 e. The number of carboxylic acid groups (broad SMARTS) is 2.